The van der Waals surface area contributed by atoms with E-state index in [-0.39, 0.29) is 0 Å². The van der Waals surface area contributed by atoms with Gasteiger partial charge in [-0.1, -0.05) is 37.5 Å². The summed E-state index contributed by atoms with van der Waals surface area (Å²) in [5.74, 6) is 1.46. The second kappa shape index (κ2) is 9.80. The van der Waals surface area contributed by atoms with E-state index in [0.29, 0.717) is 5.90 Å². The lowest BCUT2D eigenvalue weighted by Crippen LogP contribution is -2.07. The average Bonchev–Trinajstić information content (AvgIpc) is 2.65. The minimum absolute atomic E-state index is 0.632. The van der Waals surface area contributed by atoms with Gasteiger partial charge in [0.1, 0.15) is 5.75 Å². The normalized spacial score (nSPS) is 16.0. The van der Waals surface area contributed by atoms with E-state index in [1.165, 1.54) is 48.8 Å². The first-order valence-electron chi connectivity index (χ1n) is 9.82. The van der Waals surface area contributed by atoms with Crippen molar-refractivity contribution in [2.75, 3.05) is 0 Å². The lowest BCUT2D eigenvalue weighted by molar-refractivity contribution is 0.517. The van der Waals surface area contributed by atoms with Crippen LogP contribution in [0.4, 0.5) is 5.69 Å². The molecule has 0 N–H and O–H groups in total. The van der Waals surface area contributed by atoms with E-state index in [1.54, 1.807) is 0 Å². The lowest BCUT2D eigenvalue weighted by Gasteiger charge is -2.19. The number of hydrogen-bond acceptors (Lipinski definition) is 3. The molecule has 3 rings (SSSR count). The van der Waals surface area contributed by atoms with Gasteiger partial charge in [0, 0.05) is 11.3 Å². The van der Waals surface area contributed by atoms with Crippen LogP contribution in [0.25, 0.3) is 0 Å². The molecule has 0 aliphatic heterocycles. The molecule has 0 saturated heterocycles. The fourth-order valence-corrected chi connectivity index (χ4v) is 4.25. The number of aryl methyl sites for hydroxylation is 3. The van der Waals surface area contributed by atoms with E-state index in [9.17, 15) is 0 Å². The Morgan fingerprint density at radius 2 is 1.81 bits per heavy atom. The molecule has 0 spiro atoms. The van der Waals surface area contributed by atoms with E-state index < -0.39 is 0 Å². The number of thioether (sulfide) groups is 1. The Morgan fingerprint density at radius 1 is 1.00 bits per heavy atom. The fourth-order valence-electron chi connectivity index (χ4n) is 3.23. The van der Waals surface area contributed by atoms with E-state index in [0.717, 1.165) is 16.7 Å². The monoisotopic (exact) mass is 379 g/mol. The molecule has 142 valence electrons. The van der Waals surface area contributed by atoms with Crippen LogP contribution in [0.15, 0.2) is 58.9 Å². The standard InChI is InChI=1S/C24H29NOS/c1-18-8-7-9-22(16-18)26-24(14-15-27-23-10-5-4-6-11-23)25-21-13-12-19(2)20(3)17-21/h7-9,12-17,23H,4-6,10-11H2,1-3H3. The summed E-state index contributed by atoms with van der Waals surface area (Å²) < 4.78 is 6.11. The Morgan fingerprint density at radius 3 is 2.56 bits per heavy atom. The van der Waals surface area contributed by atoms with Crippen molar-refractivity contribution in [1.29, 1.82) is 0 Å². The predicted molar refractivity (Wildman–Crippen MR) is 118 cm³/mol. The van der Waals surface area contributed by atoms with Crippen molar-refractivity contribution in [3.05, 3.63) is 70.6 Å². The molecule has 0 bridgehead atoms. The number of hydrogen-bond donors (Lipinski definition) is 0. The molecule has 1 saturated carbocycles. The Kier molecular flexibility index (Phi) is 7.17. The maximum absolute atomic E-state index is 6.11. The summed E-state index contributed by atoms with van der Waals surface area (Å²) in [6.07, 6.45) is 8.74. The predicted octanol–water partition coefficient (Wildman–Crippen LogP) is 7.30. The number of nitrogens with zero attached hydrogens (tertiary/aromatic N) is 1. The van der Waals surface area contributed by atoms with Crippen LogP contribution in [0.1, 0.15) is 48.8 Å². The number of ether oxygens (including phenoxy) is 1. The van der Waals surface area contributed by atoms with Crippen LogP contribution in [-0.2, 0) is 0 Å². The van der Waals surface area contributed by atoms with Crippen molar-refractivity contribution >= 4 is 23.3 Å². The Bertz CT molecular complexity index is 819. The molecule has 2 aromatic rings. The molecular formula is C24H29NOS. The summed E-state index contributed by atoms with van der Waals surface area (Å²) in [7, 11) is 0. The first-order valence-corrected chi connectivity index (χ1v) is 10.8. The molecular weight excluding hydrogens is 350 g/mol. The highest BCUT2D eigenvalue weighted by atomic mass is 32.2. The minimum Gasteiger partial charge on any atom is -0.439 e. The van der Waals surface area contributed by atoms with Gasteiger partial charge in [0.25, 0.3) is 0 Å². The van der Waals surface area contributed by atoms with Gasteiger partial charge in [0.2, 0.25) is 5.90 Å². The first kappa shape index (κ1) is 19.8. The molecule has 3 heteroatoms. The van der Waals surface area contributed by atoms with E-state index in [2.05, 4.69) is 44.4 Å². The quantitative estimate of drug-likeness (QED) is 0.401. The van der Waals surface area contributed by atoms with Gasteiger partial charge >= 0.3 is 0 Å². The zero-order valence-electron chi connectivity index (χ0n) is 16.6. The van der Waals surface area contributed by atoms with E-state index >= 15 is 0 Å². The highest BCUT2D eigenvalue weighted by Gasteiger charge is 2.12. The van der Waals surface area contributed by atoms with Gasteiger partial charge in [-0.2, -0.15) is 0 Å². The first-order chi connectivity index (χ1) is 13.1. The van der Waals surface area contributed by atoms with Crippen molar-refractivity contribution in [2.45, 2.75) is 58.1 Å². The van der Waals surface area contributed by atoms with Crippen LogP contribution in [0.5, 0.6) is 5.75 Å². The molecule has 0 heterocycles. The summed E-state index contributed by atoms with van der Waals surface area (Å²) in [4.78, 5) is 4.76. The zero-order chi connectivity index (χ0) is 19.1. The highest BCUT2D eigenvalue weighted by Crippen LogP contribution is 2.29. The van der Waals surface area contributed by atoms with Crippen LogP contribution >= 0.6 is 11.8 Å². The molecule has 1 aliphatic rings. The van der Waals surface area contributed by atoms with Crippen LogP contribution < -0.4 is 4.74 Å². The van der Waals surface area contributed by atoms with Gasteiger partial charge in [-0.3, -0.25) is 0 Å². The van der Waals surface area contributed by atoms with Gasteiger partial charge in [-0.05, 0) is 80.0 Å². The third kappa shape index (κ3) is 6.28. The van der Waals surface area contributed by atoms with E-state index in [4.69, 9.17) is 9.73 Å². The molecule has 0 atom stereocenters. The van der Waals surface area contributed by atoms with Crippen molar-refractivity contribution in [3.8, 4) is 5.75 Å². The van der Waals surface area contributed by atoms with Crippen LogP contribution in [0.3, 0.4) is 0 Å². The summed E-state index contributed by atoms with van der Waals surface area (Å²) >= 11 is 1.91. The topological polar surface area (TPSA) is 21.6 Å². The number of benzene rings is 2. The molecule has 2 nitrogen and oxygen atoms in total. The van der Waals surface area contributed by atoms with Crippen molar-refractivity contribution in [1.82, 2.24) is 0 Å². The third-order valence-corrected chi connectivity index (χ3v) is 6.13. The van der Waals surface area contributed by atoms with Gasteiger partial charge < -0.3 is 4.74 Å². The molecule has 1 aliphatic carbocycles. The largest absolute Gasteiger partial charge is 0.439 e. The molecule has 27 heavy (non-hydrogen) atoms. The van der Waals surface area contributed by atoms with Crippen molar-refractivity contribution < 1.29 is 4.74 Å². The Hall–Kier alpha value is -2.00. The lowest BCUT2D eigenvalue weighted by atomic mass is 10.0. The zero-order valence-corrected chi connectivity index (χ0v) is 17.4. The number of rotatable bonds is 5. The maximum Gasteiger partial charge on any atom is 0.220 e. The Balaban J connectivity index is 1.78. The average molecular weight is 380 g/mol. The van der Waals surface area contributed by atoms with Gasteiger partial charge in [-0.25, -0.2) is 4.99 Å². The smallest absolute Gasteiger partial charge is 0.220 e. The fraction of sp³-hybridized carbons (Fsp3) is 0.375. The van der Waals surface area contributed by atoms with Crippen LogP contribution in [-0.4, -0.2) is 11.1 Å². The molecule has 0 aromatic heterocycles. The SMILES string of the molecule is Cc1cccc(OC(C=CSC2CCCCC2)=Nc2ccc(C)c(C)c2)c1. The highest BCUT2D eigenvalue weighted by molar-refractivity contribution is 8.02. The summed E-state index contributed by atoms with van der Waals surface area (Å²) in [6.45, 7) is 6.31. The van der Waals surface area contributed by atoms with Gasteiger partial charge in [0.05, 0.1) is 5.69 Å². The van der Waals surface area contributed by atoms with Crippen molar-refractivity contribution in [3.63, 3.8) is 0 Å². The van der Waals surface area contributed by atoms with Gasteiger partial charge in [0.15, 0.2) is 0 Å². The maximum atomic E-state index is 6.11. The summed E-state index contributed by atoms with van der Waals surface area (Å²) in [5, 5.41) is 2.89. The van der Waals surface area contributed by atoms with Crippen LogP contribution in [0, 0.1) is 20.8 Å². The minimum atomic E-state index is 0.632. The van der Waals surface area contributed by atoms with Crippen LogP contribution in [0.2, 0.25) is 0 Å². The Labute approximate surface area is 167 Å². The number of aliphatic imine (C=N–C) groups is 1. The second-order valence-electron chi connectivity index (χ2n) is 7.34. The van der Waals surface area contributed by atoms with Gasteiger partial charge in [-0.15, -0.1) is 11.8 Å². The summed E-state index contributed by atoms with van der Waals surface area (Å²) in [6, 6.07) is 14.4. The molecule has 0 radical (unpaired) electrons. The molecule has 0 amide bonds. The van der Waals surface area contributed by atoms with E-state index in [1.807, 2.05) is 42.1 Å². The van der Waals surface area contributed by atoms with Crippen molar-refractivity contribution in [2.24, 2.45) is 4.99 Å². The molecule has 1 fully saturated rings. The molecule has 2 aromatic carbocycles. The second-order valence-corrected chi connectivity index (χ2v) is 8.55. The molecule has 0 unspecified atom stereocenters. The summed E-state index contributed by atoms with van der Waals surface area (Å²) in [5.41, 5.74) is 4.62. The third-order valence-electron chi connectivity index (χ3n) is 4.98.